The minimum absolute atomic E-state index is 0.769. The van der Waals surface area contributed by atoms with E-state index in [4.69, 9.17) is 4.42 Å². The van der Waals surface area contributed by atoms with Crippen LogP contribution in [0.3, 0.4) is 0 Å². The van der Waals surface area contributed by atoms with Gasteiger partial charge in [0.15, 0.2) is 0 Å². The molecule has 0 aliphatic heterocycles. The third kappa shape index (κ3) is 4.12. The van der Waals surface area contributed by atoms with Gasteiger partial charge in [0.2, 0.25) is 0 Å². The summed E-state index contributed by atoms with van der Waals surface area (Å²) in [6.07, 6.45) is 0. The van der Waals surface area contributed by atoms with Crippen molar-refractivity contribution in [3.05, 3.63) is 32.3 Å². The molecule has 18 heavy (non-hydrogen) atoms. The van der Waals surface area contributed by atoms with Gasteiger partial charge in [-0.2, -0.15) is 0 Å². The molecule has 98 valence electrons. The van der Waals surface area contributed by atoms with Gasteiger partial charge in [0, 0.05) is 33.6 Å². The maximum Gasteiger partial charge on any atom is 0.256 e. The van der Waals surface area contributed by atoms with E-state index in [1.165, 1.54) is 4.88 Å². The summed E-state index contributed by atoms with van der Waals surface area (Å²) in [4.78, 5) is 5.68. The maximum atomic E-state index is 5.50. The van der Waals surface area contributed by atoms with E-state index in [1.807, 2.05) is 13.8 Å². The number of aryl methyl sites for hydroxylation is 2. The smallest absolute Gasteiger partial charge is 0.256 e. The van der Waals surface area contributed by atoms with Gasteiger partial charge in [0.05, 0.1) is 5.69 Å². The zero-order valence-corrected chi connectivity index (χ0v) is 13.5. The number of nitrogens with zero attached hydrogens (tertiary/aromatic N) is 1. The number of halogens is 1. The van der Waals surface area contributed by atoms with Gasteiger partial charge in [-0.05, 0) is 35.8 Å². The second kappa shape index (κ2) is 6.75. The number of oxazole rings is 1. The summed E-state index contributed by atoms with van der Waals surface area (Å²) >= 11 is 6.86. The van der Waals surface area contributed by atoms with Gasteiger partial charge in [-0.25, -0.2) is 4.98 Å². The molecule has 0 aliphatic rings. The number of aromatic nitrogens is 1. The molecule has 0 unspecified atom stereocenters. The monoisotopic (exact) mass is 346 g/mol. The van der Waals surface area contributed by atoms with Crippen molar-refractivity contribution in [3.8, 4) is 0 Å². The van der Waals surface area contributed by atoms with Crippen LogP contribution in [-0.2, 0) is 6.54 Å². The van der Waals surface area contributed by atoms with Crippen LogP contribution in [0.15, 0.2) is 25.6 Å². The van der Waals surface area contributed by atoms with Crippen molar-refractivity contribution in [2.75, 3.05) is 12.3 Å². The fourth-order valence-corrected chi connectivity index (χ4v) is 3.60. The molecule has 0 saturated heterocycles. The summed E-state index contributed by atoms with van der Waals surface area (Å²) in [5, 5.41) is 6.28. The van der Waals surface area contributed by atoms with Crippen molar-refractivity contribution in [1.29, 1.82) is 0 Å². The van der Waals surface area contributed by atoms with Crippen LogP contribution in [0.4, 0.5) is 0 Å². The third-order valence-electron chi connectivity index (χ3n) is 2.43. The molecule has 0 bridgehead atoms. The fraction of sp³-hybridized carbons (Fsp3) is 0.417. The van der Waals surface area contributed by atoms with Gasteiger partial charge in [-0.1, -0.05) is 11.8 Å². The largest absolute Gasteiger partial charge is 0.437 e. The van der Waals surface area contributed by atoms with Gasteiger partial charge < -0.3 is 9.73 Å². The molecule has 0 aliphatic carbocycles. The van der Waals surface area contributed by atoms with Crippen molar-refractivity contribution < 1.29 is 4.42 Å². The Morgan fingerprint density at radius 2 is 2.33 bits per heavy atom. The Hall–Kier alpha value is -0.300. The van der Waals surface area contributed by atoms with E-state index in [0.717, 1.165) is 40.0 Å². The summed E-state index contributed by atoms with van der Waals surface area (Å²) in [6.45, 7) is 5.77. The zero-order chi connectivity index (χ0) is 13.0. The topological polar surface area (TPSA) is 38.1 Å². The molecule has 0 fully saturated rings. The number of thiophene rings is 1. The van der Waals surface area contributed by atoms with Gasteiger partial charge in [0.1, 0.15) is 5.76 Å². The fourth-order valence-electron chi connectivity index (χ4n) is 1.37. The predicted molar refractivity (Wildman–Crippen MR) is 80.4 cm³/mol. The molecule has 6 heteroatoms. The van der Waals surface area contributed by atoms with Crippen LogP contribution >= 0.6 is 39.0 Å². The SMILES string of the molecule is Cc1nc(SCCNCc2cc(Br)cs2)oc1C. The van der Waals surface area contributed by atoms with Crippen LogP contribution in [0.2, 0.25) is 0 Å². The van der Waals surface area contributed by atoms with Crippen LogP contribution in [-0.4, -0.2) is 17.3 Å². The first-order chi connectivity index (χ1) is 8.65. The average molecular weight is 347 g/mol. The molecule has 0 saturated carbocycles. The first kappa shape index (κ1) is 14.1. The van der Waals surface area contributed by atoms with E-state index in [2.05, 4.69) is 37.7 Å². The molecule has 2 aromatic heterocycles. The lowest BCUT2D eigenvalue weighted by Crippen LogP contribution is -2.15. The molecule has 0 aromatic carbocycles. The second-order valence-corrected chi connectivity index (χ2v) is 6.84. The number of rotatable bonds is 6. The Morgan fingerprint density at radius 1 is 1.50 bits per heavy atom. The molecule has 2 aromatic rings. The maximum absolute atomic E-state index is 5.50. The highest BCUT2D eigenvalue weighted by molar-refractivity contribution is 9.10. The minimum Gasteiger partial charge on any atom is -0.437 e. The Bertz CT molecular complexity index is 490. The highest BCUT2D eigenvalue weighted by atomic mass is 79.9. The minimum atomic E-state index is 0.769. The first-order valence-electron chi connectivity index (χ1n) is 5.65. The van der Waals surface area contributed by atoms with Crippen LogP contribution in [0.1, 0.15) is 16.3 Å². The van der Waals surface area contributed by atoms with Crippen LogP contribution < -0.4 is 5.32 Å². The molecule has 2 rings (SSSR count). The highest BCUT2D eigenvalue weighted by Crippen LogP contribution is 2.20. The average Bonchev–Trinajstić information content (AvgIpc) is 2.86. The number of thioether (sulfide) groups is 1. The number of hydrogen-bond acceptors (Lipinski definition) is 5. The van der Waals surface area contributed by atoms with Crippen molar-refractivity contribution in [2.45, 2.75) is 25.6 Å². The summed E-state index contributed by atoms with van der Waals surface area (Å²) in [5.74, 6) is 1.88. The van der Waals surface area contributed by atoms with Gasteiger partial charge in [0.25, 0.3) is 5.22 Å². The summed E-state index contributed by atoms with van der Waals surface area (Å²) < 4.78 is 6.66. The molecule has 2 heterocycles. The number of hydrogen-bond donors (Lipinski definition) is 1. The van der Waals surface area contributed by atoms with E-state index in [9.17, 15) is 0 Å². The molecular weight excluding hydrogens is 332 g/mol. The molecule has 0 spiro atoms. The predicted octanol–water partition coefficient (Wildman–Crippen LogP) is 4.00. The van der Waals surface area contributed by atoms with Gasteiger partial charge >= 0.3 is 0 Å². The zero-order valence-electron chi connectivity index (χ0n) is 10.3. The molecule has 1 N–H and O–H groups in total. The lowest BCUT2D eigenvalue weighted by Gasteiger charge is -2.00. The quantitative estimate of drug-likeness (QED) is 0.633. The van der Waals surface area contributed by atoms with Crippen molar-refractivity contribution >= 4 is 39.0 Å². The van der Waals surface area contributed by atoms with E-state index >= 15 is 0 Å². The standard InChI is InChI=1S/C12H15BrN2OS2/c1-8-9(2)16-12(15-8)17-4-3-14-6-11-5-10(13)7-18-11/h5,7,14H,3-4,6H2,1-2H3. The molecule has 0 atom stereocenters. The Labute approximate surface area is 124 Å². The van der Waals surface area contributed by atoms with E-state index in [0.29, 0.717) is 0 Å². The molecular formula is C12H15BrN2OS2. The summed E-state index contributed by atoms with van der Waals surface area (Å²) in [7, 11) is 0. The van der Waals surface area contributed by atoms with Crippen molar-refractivity contribution in [1.82, 2.24) is 10.3 Å². The van der Waals surface area contributed by atoms with Crippen LogP contribution in [0, 0.1) is 13.8 Å². The van der Waals surface area contributed by atoms with Crippen LogP contribution in [0.25, 0.3) is 0 Å². The Balaban J connectivity index is 1.64. The highest BCUT2D eigenvalue weighted by Gasteiger charge is 2.05. The Kier molecular flexibility index (Phi) is 5.29. The molecule has 0 radical (unpaired) electrons. The third-order valence-corrected chi connectivity index (χ3v) is 4.96. The lowest BCUT2D eigenvalue weighted by molar-refractivity contribution is 0.431. The van der Waals surface area contributed by atoms with Gasteiger partial charge in [-0.15, -0.1) is 11.3 Å². The molecule has 3 nitrogen and oxygen atoms in total. The second-order valence-electron chi connectivity index (χ2n) is 3.88. The van der Waals surface area contributed by atoms with Crippen LogP contribution in [0.5, 0.6) is 0 Å². The van der Waals surface area contributed by atoms with Crippen molar-refractivity contribution in [2.24, 2.45) is 0 Å². The van der Waals surface area contributed by atoms with Crippen molar-refractivity contribution in [3.63, 3.8) is 0 Å². The summed E-state index contributed by atoms with van der Waals surface area (Å²) in [6, 6.07) is 2.14. The Morgan fingerprint density at radius 3 is 2.94 bits per heavy atom. The van der Waals surface area contributed by atoms with Gasteiger partial charge in [-0.3, -0.25) is 0 Å². The van der Waals surface area contributed by atoms with E-state index in [-0.39, 0.29) is 0 Å². The number of nitrogens with one attached hydrogen (secondary N) is 1. The first-order valence-corrected chi connectivity index (χ1v) is 8.31. The van der Waals surface area contributed by atoms with E-state index in [1.54, 1.807) is 23.1 Å². The summed E-state index contributed by atoms with van der Waals surface area (Å²) in [5.41, 5.74) is 0.980. The normalized spacial score (nSPS) is 11.1. The lowest BCUT2D eigenvalue weighted by atomic mass is 10.4. The molecule has 0 amide bonds. The van der Waals surface area contributed by atoms with E-state index < -0.39 is 0 Å².